The van der Waals surface area contributed by atoms with E-state index in [-0.39, 0.29) is 29.8 Å². The molecule has 0 aliphatic rings. The summed E-state index contributed by atoms with van der Waals surface area (Å²) in [7, 11) is -4.25. The molecule has 0 aromatic heterocycles. The number of nitrogens with one attached hydrogen (secondary N) is 1. The molecule has 0 aliphatic heterocycles. The second-order valence-electron chi connectivity index (χ2n) is 11.3. The first-order valence-corrected chi connectivity index (χ1v) is 16.4. The number of carbonyl (C=O) groups is 2. The second kappa shape index (κ2) is 14.7. The first kappa shape index (κ1) is 33.7. The van der Waals surface area contributed by atoms with Crippen LogP contribution in [0.2, 0.25) is 5.02 Å². The lowest BCUT2D eigenvalue weighted by Gasteiger charge is -2.34. The third kappa shape index (κ3) is 8.71. The molecule has 2 amide bonds. The Morgan fingerprint density at radius 2 is 1.49 bits per heavy atom. The number of sulfonamides is 1. The highest BCUT2D eigenvalue weighted by Crippen LogP contribution is 2.27. The van der Waals surface area contributed by atoms with Gasteiger partial charge in [-0.25, -0.2) is 12.8 Å². The van der Waals surface area contributed by atoms with Gasteiger partial charge in [0, 0.05) is 24.0 Å². The van der Waals surface area contributed by atoms with Crippen molar-refractivity contribution in [3.05, 3.63) is 130 Å². The summed E-state index contributed by atoms with van der Waals surface area (Å²) in [6.07, 6.45) is 0.180. The van der Waals surface area contributed by atoms with Gasteiger partial charge in [0.2, 0.25) is 11.8 Å². The molecule has 4 aromatic carbocycles. The molecule has 0 heterocycles. The topological polar surface area (TPSA) is 86.8 Å². The fraction of sp³-hybridized carbons (Fsp3) is 0.257. The van der Waals surface area contributed by atoms with E-state index in [4.69, 9.17) is 11.6 Å². The van der Waals surface area contributed by atoms with E-state index in [1.54, 1.807) is 30.3 Å². The van der Waals surface area contributed by atoms with Gasteiger partial charge in [-0.15, -0.1) is 0 Å². The van der Waals surface area contributed by atoms with Crippen molar-refractivity contribution in [2.45, 2.75) is 57.6 Å². The maximum atomic E-state index is 14.4. The van der Waals surface area contributed by atoms with E-state index in [9.17, 15) is 22.4 Å². The molecule has 0 saturated heterocycles. The molecular weight excluding hydrogens is 613 g/mol. The predicted molar refractivity (Wildman–Crippen MR) is 176 cm³/mol. The van der Waals surface area contributed by atoms with Crippen molar-refractivity contribution in [3.63, 3.8) is 0 Å². The zero-order chi connectivity index (χ0) is 32.7. The van der Waals surface area contributed by atoms with Gasteiger partial charge in [0.1, 0.15) is 18.4 Å². The zero-order valence-electron chi connectivity index (χ0n) is 25.7. The predicted octanol–water partition coefficient (Wildman–Crippen LogP) is 6.46. The summed E-state index contributed by atoms with van der Waals surface area (Å²) in [5.41, 5.74) is 3.50. The van der Waals surface area contributed by atoms with E-state index in [2.05, 4.69) is 5.32 Å². The normalized spacial score (nSPS) is 12.1. The smallest absolute Gasteiger partial charge is 0.264 e. The van der Waals surface area contributed by atoms with E-state index in [1.165, 1.54) is 41.3 Å². The zero-order valence-corrected chi connectivity index (χ0v) is 27.3. The lowest BCUT2D eigenvalue weighted by Crippen LogP contribution is -2.54. The first-order chi connectivity index (χ1) is 21.3. The molecule has 4 rings (SSSR count). The minimum atomic E-state index is -4.25. The average Bonchev–Trinajstić information content (AvgIpc) is 3.00. The van der Waals surface area contributed by atoms with Gasteiger partial charge in [0.05, 0.1) is 10.6 Å². The van der Waals surface area contributed by atoms with Crippen LogP contribution in [0, 0.1) is 19.7 Å². The van der Waals surface area contributed by atoms with Crippen LogP contribution >= 0.6 is 11.6 Å². The lowest BCUT2D eigenvalue weighted by molar-refractivity contribution is -0.140. The maximum absolute atomic E-state index is 14.4. The molecule has 1 N–H and O–H groups in total. The molecule has 0 bridgehead atoms. The summed E-state index contributed by atoms with van der Waals surface area (Å²) in [6, 6.07) is 24.6. The monoisotopic (exact) mass is 649 g/mol. The van der Waals surface area contributed by atoms with Gasteiger partial charge in [-0.05, 0) is 98.5 Å². The number of carbonyl (C=O) groups excluding carboxylic acids is 2. The Bertz CT molecular complexity index is 1730. The Kier molecular flexibility index (Phi) is 11.0. The number of amides is 2. The molecule has 4 aromatic rings. The number of benzene rings is 4. The highest BCUT2D eigenvalue weighted by molar-refractivity contribution is 7.92. The van der Waals surface area contributed by atoms with Gasteiger partial charge in [0.25, 0.3) is 10.0 Å². The third-order valence-corrected chi connectivity index (χ3v) is 9.47. The van der Waals surface area contributed by atoms with Crippen LogP contribution in [0.1, 0.15) is 36.1 Å². The fourth-order valence-electron chi connectivity index (χ4n) is 4.86. The Labute approximate surface area is 269 Å². The Morgan fingerprint density at radius 3 is 2.09 bits per heavy atom. The average molecular weight is 650 g/mol. The molecule has 0 saturated carbocycles. The molecule has 45 heavy (non-hydrogen) atoms. The Balaban J connectivity index is 1.82. The summed E-state index contributed by atoms with van der Waals surface area (Å²) in [5, 5.41) is 3.28. The molecule has 236 valence electrons. The van der Waals surface area contributed by atoms with Crippen LogP contribution < -0.4 is 9.62 Å². The fourth-order valence-corrected chi connectivity index (χ4v) is 6.40. The van der Waals surface area contributed by atoms with E-state index >= 15 is 0 Å². The number of hydrogen-bond donors (Lipinski definition) is 1. The van der Waals surface area contributed by atoms with Crippen LogP contribution in [0.3, 0.4) is 0 Å². The van der Waals surface area contributed by atoms with Crippen LogP contribution in [0.5, 0.6) is 0 Å². The van der Waals surface area contributed by atoms with E-state index < -0.39 is 34.3 Å². The first-order valence-electron chi connectivity index (χ1n) is 14.6. The third-order valence-electron chi connectivity index (χ3n) is 7.43. The van der Waals surface area contributed by atoms with Crippen molar-refractivity contribution < 1.29 is 22.4 Å². The Hall–Kier alpha value is -4.21. The lowest BCUT2D eigenvalue weighted by atomic mass is 10.0. The molecule has 0 radical (unpaired) electrons. The summed E-state index contributed by atoms with van der Waals surface area (Å²) in [5.74, 6) is -1.43. The maximum Gasteiger partial charge on any atom is 0.264 e. The molecule has 0 fully saturated rings. The number of halogens is 2. The number of hydrogen-bond acceptors (Lipinski definition) is 4. The molecular formula is C35H37ClFN3O4S. The summed E-state index contributed by atoms with van der Waals surface area (Å²) >= 11 is 6.05. The van der Waals surface area contributed by atoms with Gasteiger partial charge in [-0.3, -0.25) is 13.9 Å². The standard InChI is InChI=1S/C35H37ClFN3O4S/c1-24(2)38-35(42)33(21-27-8-6-5-7-9-27)39(22-28-11-15-30(37)16-12-28)34(41)23-40(31-17-10-25(3)26(4)20-31)45(43,44)32-18-13-29(36)14-19-32/h5-20,24,33H,21-23H2,1-4H3,(H,38,42). The highest BCUT2D eigenvalue weighted by atomic mass is 35.5. The van der Waals surface area contributed by atoms with Gasteiger partial charge in [-0.2, -0.15) is 0 Å². The van der Waals surface area contributed by atoms with Crippen molar-refractivity contribution in [2.24, 2.45) is 0 Å². The SMILES string of the molecule is Cc1ccc(N(CC(=O)N(Cc2ccc(F)cc2)C(Cc2ccccc2)C(=O)NC(C)C)S(=O)(=O)c2ccc(Cl)cc2)cc1C. The number of nitrogens with zero attached hydrogens (tertiary/aromatic N) is 2. The molecule has 10 heteroatoms. The quantitative estimate of drug-likeness (QED) is 0.191. The van der Waals surface area contributed by atoms with Crippen molar-refractivity contribution in [2.75, 3.05) is 10.8 Å². The summed E-state index contributed by atoms with van der Waals surface area (Å²) < 4.78 is 43.1. The molecule has 1 atom stereocenters. The van der Waals surface area contributed by atoms with Crippen LogP contribution in [-0.4, -0.2) is 43.8 Å². The van der Waals surface area contributed by atoms with Crippen molar-refractivity contribution in [1.82, 2.24) is 10.2 Å². The largest absolute Gasteiger partial charge is 0.352 e. The van der Waals surface area contributed by atoms with E-state index in [0.29, 0.717) is 16.3 Å². The minimum Gasteiger partial charge on any atom is -0.352 e. The van der Waals surface area contributed by atoms with Crippen molar-refractivity contribution >= 4 is 39.1 Å². The second-order valence-corrected chi connectivity index (χ2v) is 13.5. The highest BCUT2D eigenvalue weighted by Gasteiger charge is 2.35. The minimum absolute atomic E-state index is 0.0404. The van der Waals surface area contributed by atoms with Gasteiger partial charge < -0.3 is 10.2 Å². The number of aryl methyl sites for hydroxylation is 2. The van der Waals surface area contributed by atoms with E-state index in [0.717, 1.165) is 21.0 Å². The van der Waals surface area contributed by atoms with Crippen LogP contribution in [0.4, 0.5) is 10.1 Å². The summed E-state index contributed by atoms with van der Waals surface area (Å²) in [6.45, 7) is 6.78. The molecule has 0 aliphatic carbocycles. The van der Waals surface area contributed by atoms with Gasteiger partial charge in [-0.1, -0.05) is 60.1 Å². The molecule has 7 nitrogen and oxygen atoms in total. The van der Waals surface area contributed by atoms with Crippen LogP contribution in [0.15, 0.2) is 102 Å². The van der Waals surface area contributed by atoms with Gasteiger partial charge in [0.15, 0.2) is 0 Å². The summed E-state index contributed by atoms with van der Waals surface area (Å²) in [4.78, 5) is 29.5. The Morgan fingerprint density at radius 1 is 0.844 bits per heavy atom. The van der Waals surface area contributed by atoms with Crippen molar-refractivity contribution in [1.29, 1.82) is 0 Å². The van der Waals surface area contributed by atoms with Gasteiger partial charge >= 0.3 is 0 Å². The number of rotatable bonds is 12. The molecule has 0 spiro atoms. The number of anilines is 1. The van der Waals surface area contributed by atoms with Crippen LogP contribution in [0.25, 0.3) is 0 Å². The van der Waals surface area contributed by atoms with Crippen molar-refractivity contribution in [3.8, 4) is 0 Å². The molecule has 1 unspecified atom stereocenters. The van der Waals surface area contributed by atoms with Crippen LogP contribution in [-0.2, 0) is 32.6 Å². The van der Waals surface area contributed by atoms with E-state index in [1.807, 2.05) is 58.0 Å².